The fourth-order valence-corrected chi connectivity index (χ4v) is 5.29. The number of hydrogen-bond donors (Lipinski definition) is 3. The van der Waals surface area contributed by atoms with Gasteiger partial charge in [-0.1, -0.05) is 19.4 Å². The van der Waals surface area contributed by atoms with Gasteiger partial charge in [-0.2, -0.15) is 4.72 Å². The van der Waals surface area contributed by atoms with Crippen molar-refractivity contribution in [1.29, 1.82) is 0 Å². The number of aliphatic carboxylic acids is 1. The van der Waals surface area contributed by atoms with E-state index in [9.17, 15) is 23.1 Å². The molecule has 140 valence electrons. The van der Waals surface area contributed by atoms with Gasteiger partial charge in [0.1, 0.15) is 9.75 Å². The lowest BCUT2D eigenvalue weighted by molar-refractivity contribution is -0.150. The predicted octanol–water partition coefficient (Wildman–Crippen LogP) is 1.95. The van der Waals surface area contributed by atoms with E-state index < -0.39 is 33.5 Å². The van der Waals surface area contributed by atoms with Crippen LogP contribution in [0.2, 0.25) is 0 Å². The molecule has 3 N–H and O–H groups in total. The Kier molecular flexibility index (Phi) is 6.23. The number of amides is 1. The molecule has 0 aliphatic heterocycles. The Labute approximate surface area is 151 Å². The molecule has 0 radical (unpaired) electrons. The molecular weight excluding hydrogens is 364 g/mol. The third-order valence-electron chi connectivity index (χ3n) is 4.79. The van der Waals surface area contributed by atoms with Gasteiger partial charge in [0.2, 0.25) is 5.91 Å². The minimum atomic E-state index is -3.79. The van der Waals surface area contributed by atoms with E-state index in [0.717, 1.165) is 30.6 Å². The molecule has 1 atom stereocenters. The highest BCUT2D eigenvalue weighted by Gasteiger charge is 2.43. The Bertz CT molecular complexity index is 707. The number of thiophene rings is 1. The van der Waals surface area contributed by atoms with Crippen molar-refractivity contribution in [2.45, 2.75) is 61.7 Å². The summed E-state index contributed by atoms with van der Waals surface area (Å²) in [6.45, 7) is 3.48. The molecule has 0 bridgehead atoms. The van der Waals surface area contributed by atoms with Crippen molar-refractivity contribution >= 4 is 33.2 Å². The van der Waals surface area contributed by atoms with Gasteiger partial charge in [0.25, 0.3) is 10.0 Å². The number of hydrogen-bond acceptors (Lipinski definition) is 5. The van der Waals surface area contributed by atoms with Gasteiger partial charge >= 0.3 is 5.97 Å². The first-order chi connectivity index (χ1) is 11.7. The summed E-state index contributed by atoms with van der Waals surface area (Å²) in [6.07, 6.45) is 3.17. The van der Waals surface area contributed by atoms with E-state index >= 15 is 0 Å². The molecule has 2 rings (SSSR count). The SMILES string of the molecule is CCC1CCC(NC(=O)C(C)NS(=O)(=O)c2cccs2)(C(=O)O)CC1. The fraction of sp³-hybridized carbons (Fsp3) is 0.625. The van der Waals surface area contributed by atoms with Crippen LogP contribution in [0.3, 0.4) is 0 Å². The molecule has 1 saturated carbocycles. The number of carbonyl (C=O) groups is 2. The minimum absolute atomic E-state index is 0.114. The number of carbonyl (C=O) groups excluding carboxylic acids is 1. The van der Waals surface area contributed by atoms with E-state index in [4.69, 9.17) is 0 Å². The summed E-state index contributed by atoms with van der Waals surface area (Å²) in [5, 5.41) is 13.8. The molecule has 1 aliphatic rings. The van der Waals surface area contributed by atoms with Gasteiger partial charge in [-0.3, -0.25) is 4.79 Å². The van der Waals surface area contributed by atoms with Crippen LogP contribution >= 0.6 is 11.3 Å². The largest absolute Gasteiger partial charge is 0.480 e. The Morgan fingerprint density at radius 1 is 1.40 bits per heavy atom. The normalized spacial score (nSPS) is 25.3. The second kappa shape index (κ2) is 7.84. The van der Waals surface area contributed by atoms with E-state index in [1.165, 1.54) is 13.0 Å². The zero-order valence-electron chi connectivity index (χ0n) is 14.3. The number of carboxylic acids is 1. The molecule has 1 fully saturated rings. The first-order valence-electron chi connectivity index (χ1n) is 8.31. The second-order valence-electron chi connectivity index (χ2n) is 6.50. The molecule has 0 aromatic carbocycles. The van der Waals surface area contributed by atoms with Crippen molar-refractivity contribution in [3.63, 3.8) is 0 Å². The molecule has 1 heterocycles. The van der Waals surface area contributed by atoms with E-state index in [0.29, 0.717) is 18.8 Å². The van der Waals surface area contributed by atoms with Crippen LogP contribution < -0.4 is 10.0 Å². The van der Waals surface area contributed by atoms with Gasteiger partial charge in [0.15, 0.2) is 0 Å². The number of rotatable bonds is 7. The first kappa shape index (κ1) is 19.9. The summed E-state index contributed by atoms with van der Waals surface area (Å²) in [5.74, 6) is -1.22. The van der Waals surface area contributed by atoms with Gasteiger partial charge < -0.3 is 10.4 Å². The van der Waals surface area contributed by atoms with E-state index in [2.05, 4.69) is 17.0 Å². The zero-order valence-corrected chi connectivity index (χ0v) is 16.0. The Balaban J connectivity index is 2.05. The van der Waals surface area contributed by atoms with Gasteiger partial charge in [0, 0.05) is 0 Å². The minimum Gasteiger partial charge on any atom is -0.480 e. The van der Waals surface area contributed by atoms with Gasteiger partial charge in [-0.05, 0) is 50.0 Å². The van der Waals surface area contributed by atoms with E-state index in [1.807, 2.05) is 0 Å². The van der Waals surface area contributed by atoms with Crippen molar-refractivity contribution in [2.75, 3.05) is 0 Å². The summed E-state index contributed by atoms with van der Waals surface area (Å²) in [5.41, 5.74) is -1.31. The molecule has 9 heteroatoms. The average Bonchev–Trinajstić information content (AvgIpc) is 3.10. The number of carboxylic acid groups (broad SMARTS) is 1. The highest BCUT2D eigenvalue weighted by Crippen LogP contribution is 2.34. The lowest BCUT2D eigenvalue weighted by atomic mass is 9.75. The van der Waals surface area contributed by atoms with Crippen molar-refractivity contribution < 1.29 is 23.1 Å². The zero-order chi connectivity index (χ0) is 18.7. The molecule has 1 amide bonds. The van der Waals surface area contributed by atoms with E-state index in [-0.39, 0.29) is 4.21 Å². The quantitative estimate of drug-likeness (QED) is 0.661. The molecule has 25 heavy (non-hydrogen) atoms. The van der Waals surface area contributed by atoms with Crippen LogP contribution in [0.5, 0.6) is 0 Å². The van der Waals surface area contributed by atoms with Crippen molar-refractivity contribution in [2.24, 2.45) is 5.92 Å². The van der Waals surface area contributed by atoms with Gasteiger partial charge in [-0.15, -0.1) is 11.3 Å². The van der Waals surface area contributed by atoms with Crippen LogP contribution in [-0.2, 0) is 19.6 Å². The number of sulfonamides is 1. The summed E-state index contributed by atoms with van der Waals surface area (Å²) in [7, 11) is -3.79. The molecular formula is C16H24N2O5S2. The van der Waals surface area contributed by atoms with Gasteiger partial charge in [0.05, 0.1) is 6.04 Å². The number of nitrogens with one attached hydrogen (secondary N) is 2. The summed E-state index contributed by atoms with van der Waals surface area (Å²) >= 11 is 1.05. The van der Waals surface area contributed by atoms with Crippen molar-refractivity contribution in [1.82, 2.24) is 10.0 Å². The summed E-state index contributed by atoms with van der Waals surface area (Å²) in [4.78, 5) is 24.2. The molecule has 7 nitrogen and oxygen atoms in total. The molecule has 0 spiro atoms. The maximum atomic E-state index is 12.4. The lowest BCUT2D eigenvalue weighted by Gasteiger charge is -2.37. The van der Waals surface area contributed by atoms with Crippen LogP contribution in [0.25, 0.3) is 0 Å². The van der Waals surface area contributed by atoms with Crippen LogP contribution in [0.15, 0.2) is 21.7 Å². The van der Waals surface area contributed by atoms with Gasteiger partial charge in [-0.25, -0.2) is 13.2 Å². The molecule has 1 aromatic rings. The lowest BCUT2D eigenvalue weighted by Crippen LogP contribution is -2.60. The predicted molar refractivity (Wildman–Crippen MR) is 94.9 cm³/mol. The summed E-state index contributed by atoms with van der Waals surface area (Å²) in [6, 6.07) is 1.99. The van der Waals surface area contributed by atoms with Crippen molar-refractivity contribution in [3.05, 3.63) is 17.5 Å². The standard InChI is InChI=1S/C16H24N2O5S2/c1-3-12-6-8-16(9-7-12,15(20)21)17-14(19)11(2)18-25(22,23)13-5-4-10-24-13/h4-5,10-12,18H,3,6-9H2,1-2H3,(H,17,19)(H,20,21). The van der Waals surface area contributed by atoms with Crippen molar-refractivity contribution in [3.8, 4) is 0 Å². The maximum Gasteiger partial charge on any atom is 0.329 e. The molecule has 1 unspecified atom stereocenters. The molecule has 0 saturated heterocycles. The Morgan fingerprint density at radius 2 is 2.04 bits per heavy atom. The molecule has 1 aromatic heterocycles. The monoisotopic (exact) mass is 388 g/mol. The van der Waals surface area contributed by atoms with Crippen LogP contribution in [0, 0.1) is 5.92 Å². The highest BCUT2D eigenvalue weighted by molar-refractivity contribution is 7.91. The summed E-state index contributed by atoms with van der Waals surface area (Å²) < 4.78 is 26.8. The van der Waals surface area contributed by atoms with E-state index in [1.54, 1.807) is 11.4 Å². The van der Waals surface area contributed by atoms with Crippen LogP contribution in [0.4, 0.5) is 0 Å². The highest BCUT2D eigenvalue weighted by atomic mass is 32.2. The third-order valence-corrected chi connectivity index (χ3v) is 7.73. The Hall–Kier alpha value is -1.45. The van der Waals surface area contributed by atoms with Crippen LogP contribution in [0.1, 0.15) is 46.0 Å². The smallest absolute Gasteiger partial charge is 0.329 e. The third kappa shape index (κ3) is 4.59. The first-order valence-corrected chi connectivity index (χ1v) is 10.7. The van der Waals surface area contributed by atoms with Crippen LogP contribution in [-0.4, -0.2) is 37.0 Å². The average molecular weight is 389 g/mol. The fourth-order valence-electron chi connectivity index (χ4n) is 3.08. The molecule has 1 aliphatic carbocycles. The maximum absolute atomic E-state index is 12.4. The Morgan fingerprint density at radius 3 is 2.52 bits per heavy atom. The second-order valence-corrected chi connectivity index (χ2v) is 9.39. The topological polar surface area (TPSA) is 113 Å².